The molecule has 0 saturated carbocycles. The largest absolute Gasteiger partial charge is 0.392 e. The van der Waals surface area contributed by atoms with Crippen LogP contribution in [0.2, 0.25) is 0 Å². The fourth-order valence-electron chi connectivity index (χ4n) is 2.65. The molecule has 0 aromatic heterocycles. The lowest BCUT2D eigenvalue weighted by molar-refractivity contribution is 0.186. The van der Waals surface area contributed by atoms with E-state index in [1.165, 1.54) is 89.9 Å². The van der Waals surface area contributed by atoms with Crippen molar-refractivity contribution in [2.75, 3.05) is 5.33 Å². The Morgan fingerprint density at radius 2 is 1.00 bits per heavy atom. The molecular formula is C18H37BrO. The van der Waals surface area contributed by atoms with Crippen LogP contribution in [0.15, 0.2) is 0 Å². The van der Waals surface area contributed by atoms with Crippen molar-refractivity contribution in [3.05, 3.63) is 0 Å². The summed E-state index contributed by atoms with van der Waals surface area (Å²) >= 11 is 3.31. The third-order valence-electron chi connectivity index (χ3n) is 4.07. The average Bonchev–Trinajstić information content (AvgIpc) is 2.47. The van der Waals surface area contributed by atoms with Crippen LogP contribution in [0.1, 0.15) is 103 Å². The molecule has 0 saturated heterocycles. The van der Waals surface area contributed by atoms with Gasteiger partial charge in [-0.25, -0.2) is 0 Å². The number of hydrogen-bond donors (Lipinski definition) is 1. The maximum absolute atomic E-state index is 9.40. The van der Waals surface area contributed by atoms with E-state index in [-0.39, 0.29) is 6.10 Å². The van der Waals surface area contributed by atoms with E-state index in [9.17, 15) is 5.11 Å². The lowest BCUT2D eigenvalue weighted by Gasteiger charge is -2.06. The smallest absolute Gasteiger partial charge is 0.0637 e. The first-order valence-corrected chi connectivity index (χ1v) is 10.2. The van der Waals surface area contributed by atoms with Crippen LogP contribution in [-0.4, -0.2) is 16.5 Å². The monoisotopic (exact) mass is 348 g/mol. The van der Waals surface area contributed by atoms with Gasteiger partial charge in [0, 0.05) is 5.33 Å². The Bertz CT molecular complexity index is 173. The molecule has 0 aromatic carbocycles. The van der Waals surface area contributed by atoms with Gasteiger partial charge < -0.3 is 5.11 Å². The zero-order valence-electron chi connectivity index (χ0n) is 13.7. The van der Waals surface area contributed by atoms with Crippen molar-refractivity contribution in [1.29, 1.82) is 0 Å². The number of aliphatic hydroxyl groups excluding tert-OH is 1. The normalized spacial score (nSPS) is 12.8. The molecule has 0 rings (SSSR count). The number of alkyl halides is 1. The molecule has 0 heterocycles. The number of halogens is 1. The van der Waals surface area contributed by atoms with Crippen molar-refractivity contribution in [3.63, 3.8) is 0 Å². The molecule has 0 aliphatic heterocycles. The Hall–Kier alpha value is 0.440. The number of unbranched alkanes of at least 4 members (excludes halogenated alkanes) is 13. The molecular weight excluding hydrogens is 312 g/mol. The minimum Gasteiger partial charge on any atom is -0.392 e. The van der Waals surface area contributed by atoms with Crippen molar-refractivity contribution in [3.8, 4) is 0 Å². The van der Waals surface area contributed by atoms with Crippen LogP contribution in [-0.2, 0) is 0 Å². The molecule has 0 spiro atoms. The lowest BCUT2D eigenvalue weighted by atomic mass is 10.0. The van der Waals surface area contributed by atoms with Crippen LogP contribution < -0.4 is 0 Å². The first-order chi connectivity index (χ1) is 9.81. The van der Waals surface area contributed by atoms with Gasteiger partial charge in [0.2, 0.25) is 0 Å². The summed E-state index contributed by atoms with van der Waals surface area (Å²) in [6, 6.07) is 0. The van der Waals surface area contributed by atoms with Gasteiger partial charge in [-0.05, 0) is 6.42 Å². The minimum atomic E-state index is -0.132. The Morgan fingerprint density at radius 3 is 1.35 bits per heavy atom. The molecule has 1 N–H and O–H groups in total. The number of rotatable bonds is 16. The SMILES string of the molecule is CCCCCCCCCCCCCCCC[C@@H](O)CBr. The second kappa shape index (κ2) is 17.5. The highest BCUT2D eigenvalue weighted by Gasteiger charge is 2.00. The van der Waals surface area contributed by atoms with E-state index in [4.69, 9.17) is 0 Å². The van der Waals surface area contributed by atoms with Crippen molar-refractivity contribution in [2.45, 2.75) is 109 Å². The van der Waals surface area contributed by atoms with Gasteiger partial charge >= 0.3 is 0 Å². The molecule has 1 nitrogen and oxygen atoms in total. The molecule has 0 amide bonds. The van der Waals surface area contributed by atoms with Crippen molar-refractivity contribution >= 4 is 15.9 Å². The van der Waals surface area contributed by atoms with Crippen LogP contribution >= 0.6 is 15.9 Å². The molecule has 0 bridgehead atoms. The standard InChI is InChI=1S/C18H37BrO/c1-2-3-4-5-6-7-8-9-10-11-12-13-14-15-16-18(20)17-19/h18,20H,2-17H2,1H3/t18-/m1/s1. The summed E-state index contributed by atoms with van der Waals surface area (Å²) in [5, 5.41) is 10.1. The van der Waals surface area contributed by atoms with Crippen molar-refractivity contribution < 1.29 is 5.11 Å². The van der Waals surface area contributed by atoms with E-state index in [1.807, 2.05) is 0 Å². The third kappa shape index (κ3) is 16.5. The van der Waals surface area contributed by atoms with Crippen LogP contribution in [0.5, 0.6) is 0 Å². The fraction of sp³-hybridized carbons (Fsp3) is 1.00. The van der Waals surface area contributed by atoms with Gasteiger partial charge in [-0.2, -0.15) is 0 Å². The van der Waals surface area contributed by atoms with Crippen LogP contribution in [0.25, 0.3) is 0 Å². The van der Waals surface area contributed by atoms with Crippen molar-refractivity contribution in [1.82, 2.24) is 0 Å². The summed E-state index contributed by atoms with van der Waals surface area (Å²) in [5.41, 5.74) is 0. The lowest BCUT2D eigenvalue weighted by Crippen LogP contribution is -2.06. The molecule has 0 fully saturated rings. The highest BCUT2D eigenvalue weighted by atomic mass is 79.9. The zero-order valence-corrected chi connectivity index (χ0v) is 15.3. The van der Waals surface area contributed by atoms with Gasteiger partial charge in [0.05, 0.1) is 6.10 Å². The molecule has 20 heavy (non-hydrogen) atoms. The molecule has 2 heteroatoms. The van der Waals surface area contributed by atoms with Gasteiger partial charge in [-0.15, -0.1) is 0 Å². The summed E-state index contributed by atoms with van der Waals surface area (Å²) in [6.07, 6.45) is 20.4. The summed E-state index contributed by atoms with van der Waals surface area (Å²) < 4.78 is 0. The predicted octanol–water partition coefficient (Wildman–Crippen LogP) is 6.61. The first kappa shape index (κ1) is 20.4. The van der Waals surface area contributed by atoms with E-state index in [0.717, 1.165) is 11.8 Å². The van der Waals surface area contributed by atoms with Crippen LogP contribution in [0.3, 0.4) is 0 Å². The highest BCUT2D eigenvalue weighted by Crippen LogP contribution is 2.13. The Balaban J connectivity index is 2.96. The van der Waals surface area contributed by atoms with E-state index < -0.39 is 0 Å². The summed E-state index contributed by atoms with van der Waals surface area (Å²) in [6.45, 7) is 2.28. The highest BCUT2D eigenvalue weighted by molar-refractivity contribution is 9.09. The summed E-state index contributed by atoms with van der Waals surface area (Å²) in [7, 11) is 0. The van der Waals surface area contributed by atoms with E-state index >= 15 is 0 Å². The zero-order chi connectivity index (χ0) is 14.9. The van der Waals surface area contributed by atoms with Crippen LogP contribution in [0, 0.1) is 0 Å². The maximum atomic E-state index is 9.40. The summed E-state index contributed by atoms with van der Waals surface area (Å²) in [5.74, 6) is 0. The summed E-state index contributed by atoms with van der Waals surface area (Å²) in [4.78, 5) is 0. The number of aliphatic hydroxyl groups is 1. The predicted molar refractivity (Wildman–Crippen MR) is 94.7 cm³/mol. The Morgan fingerprint density at radius 1 is 0.650 bits per heavy atom. The molecule has 1 atom stereocenters. The topological polar surface area (TPSA) is 20.2 Å². The van der Waals surface area contributed by atoms with E-state index in [2.05, 4.69) is 22.9 Å². The fourth-order valence-corrected chi connectivity index (χ4v) is 2.98. The van der Waals surface area contributed by atoms with Gasteiger partial charge in [0.1, 0.15) is 0 Å². The second-order valence-electron chi connectivity index (χ2n) is 6.19. The first-order valence-electron chi connectivity index (χ1n) is 9.05. The van der Waals surface area contributed by atoms with Crippen molar-refractivity contribution in [2.24, 2.45) is 0 Å². The van der Waals surface area contributed by atoms with E-state index in [0.29, 0.717) is 0 Å². The second-order valence-corrected chi connectivity index (χ2v) is 6.84. The molecule has 122 valence electrons. The molecule has 0 aromatic rings. The van der Waals surface area contributed by atoms with Gasteiger partial charge in [-0.3, -0.25) is 0 Å². The molecule has 0 unspecified atom stereocenters. The molecule has 0 radical (unpaired) electrons. The molecule has 0 aliphatic rings. The van der Waals surface area contributed by atoms with E-state index in [1.54, 1.807) is 0 Å². The number of hydrogen-bond acceptors (Lipinski definition) is 1. The Kier molecular flexibility index (Phi) is 17.9. The maximum Gasteiger partial charge on any atom is 0.0637 e. The Labute approximate surface area is 136 Å². The van der Waals surface area contributed by atoms with Gasteiger partial charge in [0.15, 0.2) is 0 Å². The van der Waals surface area contributed by atoms with Gasteiger partial charge in [-0.1, -0.05) is 113 Å². The minimum absolute atomic E-state index is 0.132. The average molecular weight is 349 g/mol. The molecule has 0 aliphatic carbocycles. The van der Waals surface area contributed by atoms with Gasteiger partial charge in [0.25, 0.3) is 0 Å². The van der Waals surface area contributed by atoms with Crippen LogP contribution in [0.4, 0.5) is 0 Å². The quantitative estimate of drug-likeness (QED) is 0.245. The third-order valence-corrected chi connectivity index (χ3v) is 4.82.